The molecule has 3 aromatic rings. The summed E-state index contributed by atoms with van der Waals surface area (Å²) in [5.74, 6) is 0. The van der Waals surface area contributed by atoms with Gasteiger partial charge in [0.25, 0.3) is 5.56 Å². The molecular formula is C16H17N3OS2. The van der Waals surface area contributed by atoms with Crippen molar-refractivity contribution in [3.8, 4) is 0 Å². The van der Waals surface area contributed by atoms with Crippen LogP contribution in [-0.2, 0) is 6.54 Å². The second-order valence-corrected chi connectivity index (χ2v) is 7.54. The summed E-state index contributed by atoms with van der Waals surface area (Å²) in [6.07, 6.45) is 2.40. The normalized spacial score (nSPS) is 19.2. The lowest BCUT2D eigenvalue weighted by Crippen LogP contribution is -2.24. The molecule has 3 aromatic heterocycles. The van der Waals surface area contributed by atoms with Gasteiger partial charge in [0.15, 0.2) is 4.96 Å². The lowest BCUT2D eigenvalue weighted by Gasteiger charge is -2.23. The summed E-state index contributed by atoms with van der Waals surface area (Å²) in [6.45, 7) is 3.78. The molecule has 0 amide bonds. The van der Waals surface area contributed by atoms with Crippen molar-refractivity contribution < 1.29 is 0 Å². The number of likely N-dealkylation sites (tertiary alicyclic amines) is 1. The minimum atomic E-state index is 0.0330. The molecule has 4 heterocycles. The summed E-state index contributed by atoms with van der Waals surface area (Å²) in [5, 5.41) is 4.12. The maximum atomic E-state index is 12.3. The average Bonchev–Trinajstić information content (AvgIpc) is 3.19. The number of fused-ring (bicyclic) bond motifs is 1. The Hall–Kier alpha value is -1.50. The molecule has 0 bridgehead atoms. The maximum absolute atomic E-state index is 12.3. The number of nitrogens with zero attached hydrogens (tertiary/aromatic N) is 3. The molecule has 1 saturated heterocycles. The predicted octanol–water partition coefficient (Wildman–Crippen LogP) is 3.46. The molecule has 1 unspecified atom stereocenters. The lowest BCUT2D eigenvalue weighted by atomic mass is 10.2. The van der Waals surface area contributed by atoms with E-state index in [9.17, 15) is 4.79 Å². The van der Waals surface area contributed by atoms with Crippen molar-refractivity contribution in [2.75, 3.05) is 6.54 Å². The fourth-order valence-corrected chi connectivity index (χ4v) is 4.99. The summed E-state index contributed by atoms with van der Waals surface area (Å²) in [7, 11) is 0. The van der Waals surface area contributed by atoms with Gasteiger partial charge in [-0.1, -0.05) is 6.07 Å². The first-order chi connectivity index (χ1) is 10.7. The van der Waals surface area contributed by atoms with Crippen molar-refractivity contribution in [1.82, 2.24) is 14.3 Å². The third-order valence-electron chi connectivity index (χ3n) is 4.23. The fraction of sp³-hybridized carbons (Fsp3) is 0.375. The van der Waals surface area contributed by atoms with E-state index < -0.39 is 0 Å². The Balaban J connectivity index is 1.64. The highest BCUT2D eigenvalue weighted by Crippen LogP contribution is 2.35. The van der Waals surface area contributed by atoms with Gasteiger partial charge >= 0.3 is 0 Å². The Morgan fingerprint density at radius 2 is 2.32 bits per heavy atom. The molecule has 1 fully saturated rings. The van der Waals surface area contributed by atoms with Gasteiger partial charge in [-0.3, -0.25) is 14.1 Å². The topological polar surface area (TPSA) is 37.6 Å². The van der Waals surface area contributed by atoms with Crippen molar-refractivity contribution >= 4 is 27.6 Å². The first-order valence-electron chi connectivity index (χ1n) is 7.46. The number of hydrogen-bond donors (Lipinski definition) is 0. The monoisotopic (exact) mass is 331 g/mol. The van der Waals surface area contributed by atoms with Gasteiger partial charge in [0.1, 0.15) is 0 Å². The second-order valence-electron chi connectivity index (χ2n) is 5.72. The van der Waals surface area contributed by atoms with Gasteiger partial charge in [-0.2, -0.15) is 0 Å². The number of thiazole rings is 1. The van der Waals surface area contributed by atoms with E-state index in [0.29, 0.717) is 6.04 Å². The Bertz CT molecular complexity index is 850. The van der Waals surface area contributed by atoms with Crippen LogP contribution in [-0.4, -0.2) is 20.8 Å². The number of aromatic nitrogens is 2. The standard InChI is InChI=1S/C16H17N3OS2/c1-11-10-22-16-17-12(8-15(20)19(11)16)9-18-6-2-4-13(18)14-5-3-7-21-14/h3,5,7-8,10,13H,2,4,6,9H2,1H3. The Kier molecular flexibility index (Phi) is 3.60. The van der Waals surface area contributed by atoms with Crippen LogP contribution in [0.1, 0.15) is 35.1 Å². The first kappa shape index (κ1) is 14.1. The Morgan fingerprint density at radius 3 is 3.14 bits per heavy atom. The average molecular weight is 331 g/mol. The summed E-state index contributed by atoms with van der Waals surface area (Å²) in [4.78, 5) is 21.6. The molecule has 114 valence electrons. The molecular weight excluding hydrogens is 314 g/mol. The molecule has 0 spiro atoms. The van der Waals surface area contributed by atoms with E-state index in [2.05, 4.69) is 27.4 Å². The van der Waals surface area contributed by atoms with E-state index in [1.165, 1.54) is 29.1 Å². The largest absolute Gasteiger partial charge is 0.290 e. The van der Waals surface area contributed by atoms with E-state index in [1.807, 2.05) is 23.6 Å². The van der Waals surface area contributed by atoms with Crippen molar-refractivity contribution in [2.24, 2.45) is 0 Å². The molecule has 1 aliphatic rings. The van der Waals surface area contributed by atoms with Gasteiger partial charge in [0.2, 0.25) is 0 Å². The molecule has 0 aliphatic carbocycles. The van der Waals surface area contributed by atoms with E-state index in [1.54, 1.807) is 10.5 Å². The number of rotatable bonds is 3. The van der Waals surface area contributed by atoms with Crippen LogP contribution < -0.4 is 5.56 Å². The molecule has 0 N–H and O–H groups in total. The minimum absolute atomic E-state index is 0.0330. The van der Waals surface area contributed by atoms with Gasteiger partial charge < -0.3 is 0 Å². The molecule has 6 heteroatoms. The van der Waals surface area contributed by atoms with Gasteiger partial charge in [0, 0.05) is 34.6 Å². The maximum Gasteiger partial charge on any atom is 0.259 e. The van der Waals surface area contributed by atoms with Gasteiger partial charge in [-0.05, 0) is 37.8 Å². The van der Waals surface area contributed by atoms with Crippen molar-refractivity contribution in [2.45, 2.75) is 32.4 Å². The molecule has 4 nitrogen and oxygen atoms in total. The minimum Gasteiger partial charge on any atom is -0.290 e. The summed E-state index contributed by atoms with van der Waals surface area (Å²) >= 11 is 3.35. The summed E-state index contributed by atoms with van der Waals surface area (Å²) < 4.78 is 1.69. The second kappa shape index (κ2) is 5.61. The van der Waals surface area contributed by atoms with Gasteiger partial charge in [-0.15, -0.1) is 22.7 Å². The van der Waals surface area contributed by atoms with Gasteiger partial charge in [0.05, 0.1) is 5.69 Å². The van der Waals surface area contributed by atoms with Crippen LogP contribution >= 0.6 is 22.7 Å². The zero-order valence-electron chi connectivity index (χ0n) is 12.4. The van der Waals surface area contributed by atoms with Crippen LogP contribution in [0.2, 0.25) is 0 Å². The van der Waals surface area contributed by atoms with Crippen LogP contribution in [0.4, 0.5) is 0 Å². The molecule has 1 aliphatic heterocycles. The zero-order chi connectivity index (χ0) is 15.1. The SMILES string of the molecule is Cc1csc2nc(CN3CCCC3c3cccs3)cc(=O)n12. The number of aryl methyl sites for hydroxylation is 1. The quantitative estimate of drug-likeness (QED) is 0.737. The van der Waals surface area contributed by atoms with Crippen molar-refractivity contribution in [1.29, 1.82) is 0 Å². The smallest absolute Gasteiger partial charge is 0.259 e. The summed E-state index contributed by atoms with van der Waals surface area (Å²) in [5.41, 5.74) is 1.88. The van der Waals surface area contributed by atoms with Crippen molar-refractivity contribution in [3.63, 3.8) is 0 Å². The van der Waals surface area contributed by atoms with Crippen LogP contribution in [0, 0.1) is 6.92 Å². The van der Waals surface area contributed by atoms with Crippen LogP contribution in [0.5, 0.6) is 0 Å². The molecule has 4 rings (SSSR count). The van der Waals surface area contributed by atoms with E-state index in [4.69, 9.17) is 0 Å². The Morgan fingerprint density at radius 1 is 1.41 bits per heavy atom. The van der Waals surface area contributed by atoms with E-state index >= 15 is 0 Å². The fourth-order valence-electron chi connectivity index (χ4n) is 3.21. The van der Waals surface area contributed by atoms with Gasteiger partial charge in [-0.25, -0.2) is 4.98 Å². The van der Waals surface area contributed by atoms with E-state index in [0.717, 1.165) is 29.4 Å². The third kappa shape index (κ3) is 2.41. The molecule has 22 heavy (non-hydrogen) atoms. The van der Waals surface area contributed by atoms with Crippen LogP contribution in [0.15, 0.2) is 33.8 Å². The Labute approximate surface area is 136 Å². The summed E-state index contributed by atoms with van der Waals surface area (Å²) in [6, 6.07) is 6.49. The van der Waals surface area contributed by atoms with Crippen molar-refractivity contribution in [3.05, 3.63) is 55.6 Å². The van der Waals surface area contributed by atoms with Crippen LogP contribution in [0.25, 0.3) is 4.96 Å². The third-order valence-corrected chi connectivity index (χ3v) is 6.15. The van der Waals surface area contributed by atoms with Crippen LogP contribution in [0.3, 0.4) is 0 Å². The highest BCUT2D eigenvalue weighted by atomic mass is 32.1. The first-order valence-corrected chi connectivity index (χ1v) is 9.22. The predicted molar refractivity (Wildman–Crippen MR) is 90.8 cm³/mol. The molecule has 0 saturated carbocycles. The lowest BCUT2D eigenvalue weighted by molar-refractivity contribution is 0.248. The number of thiophene rings is 1. The molecule has 0 aromatic carbocycles. The molecule has 1 atom stereocenters. The zero-order valence-corrected chi connectivity index (χ0v) is 14.0. The highest BCUT2D eigenvalue weighted by Gasteiger charge is 2.27. The number of hydrogen-bond acceptors (Lipinski definition) is 5. The highest BCUT2D eigenvalue weighted by molar-refractivity contribution is 7.15. The van der Waals surface area contributed by atoms with E-state index in [-0.39, 0.29) is 5.56 Å². The molecule has 0 radical (unpaired) electrons.